The Morgan fingerprint density at radius 3 is 2.90 bits per heavy atom. The number of para-hydroxylation sites is 1. The van der Waals surface area contributed by atoms with Crippen LogP contribution in [0, 0.1) is 0 Å². The van der Waals surface area contributed by atoms with Crippen molar-refractivity contribution in [1.29, 1.82) is 0 Å². The molecule has 0 bridgehead atoms. The first kappa shape index (κ1) is 14.5. The summed E-state index contributed by atoms with van der Waals surface area (Å²) in [5, 5.41) is 7.29. The second-order valence-electron chi connectivity index (χ2n) is 4.70. The Kier molecular flexibility index (Phi) is 4.06. The number of aromatic nitrogens is 3. The molecule has 1 heterocycles. The molecule has 0 fully saturated rings. The van der Waals surface area contributed by atoms with E-state index in [1.807, 2.05) is 6.92 Å². The number of anilines is 1. The maximum atomic E-state index is 12.2. The largest absolute Gasteiger partial charge is 0.323 e. The number of halogens is 1. The van der Waals surface area contributed by atoms with E-state index in [4.69, 9.17) is 17.3 Å². The van der Waals surface area contributed by atoms with Gasteiger partial charge in [0.15, 0.2) is 0 Å². The first-order valence-electron chi connectivity index (χ1n) is 6.19. The molecular weight excluding hydrogens is 278 g/mol. The Morgan fingerprint density at radius 2 is 2.30 bits per heavy atom. The molecule has 20 heavy (non-hydrogen) atoms. The molecule has 0 aliphatic rings. The Balaban J connectivity index is 2.39. The maximum Gasteiger partial charge on any atom is 0.244 e. The summed E-state index contributed by atoms with van der Waals surface area (Å²) in [4.78, 5) is 16.1. The summed E-state index contributed by atoms with van der Waals surface area (Å²) in [5.41, 5.74) is 6.09. The molecule has 7 heteroatoms. The number of nitrogens with zero attached hydrogens (tertiary/aromatic N) is 3. The van der Waals surface area contributed by atoms with Gasteiger partial charge in [-0.25, -0.2) is 9.67 Å². The average Bonchev–Trinajstić information content (AvgIpc) is 2.92. The number of hydrogen-bond donors (Lipinski definition) is 2. The van der Waals surface area contributed by atoms with Crippen LogP contribution in [0.4, 0.5) is 5.69 Å². The zero-order chi connectivity index (χ0) is 14.8. The van der Waals surface area contributed by atoms with Gasteiger partial charge in [0, 0.05) is 0 Å². The number of amides is 1. The second-order valence-corrected chi connectivity index (χ2v) is 5.11. The van der Waals surface area contributed by atoms with Gasteiger partial charge in [0.1, 0.15) is 18.3 Å². The van der Waals surface area contributed by atoms with Crippen molar-refractivity contribution in [3.05, 3.63) is 35.9 Å². The van der Waals surface area contributed by atoms with Crippen LogP contribution in [-0.2, 0) is 4.79 Å². The van der Waals surface area contributed by atoms with Gasteiger partial charge in [0.05, 0.1) is 16.2 Å². The molecule has 6 nitrogen and oxygen atoms in total. The van der Waals surface area contributed by atoms with Crippen LogP contribution in [-0.4, -0.2) is 26.2 Å². The van der Waals surface area contributed by atoms with Crippen LogP contribution in [0.25, 0.3) is 5.69 Å². The zero-order valence-corrected chi connectivity index (χ0v) is 12.1. The van der Waals surface area contributed by atoms with Crippen LogP contribution in [0.3, 0.4) is 0 Å². The number of carbonyl (C=O) groups is 1. The summed E-state index contributed by atoms with van der Waals surface area (Å²) in [6.07, 6.45) is 3.43. The van der Waals surface area contributed by atoms with Crippen LogP contribution in [0.1, 0.15) is 20.3 Å². The molecule has 0 saturated heterocycles. The normalized spacial score (nSPS) is 13.8. The van der Waals surface area contributed by atoms with Crippen LogP contribution in [0.5, 0.6) is 0 Å². The van der Waals surface area contributed by atoms with Crippen LogP contribution >= 0.6 is 11.6 Å². The monoisotopic (exact) mass is 293 g/mol. The molecular formula is C13H16ClN5O. The molecule has 1 atom stereocenters. The lowest BCUT2D eigenvalue weighted by molar-refractivity contribution is -0.120. The number of benzene rings is 1. The topological polar surface area (TPSA) is 85.8 Å². The average molecular weight is 294 g/mol. The standard InChI is InChI=1S/C13H16ClN5O/c1-3-13(2,15)12(20)18-10-6-4-5-9(14)11(10)19-8-16-7-17-19/h4-8H,3,15H2,1-2H3,(H,18,20). The molecule has 0 aliphatic carbocycles. The third-order valence-corrected chi connectivity index (χ3v) is 3.44. The fourth-order valence-corrected chi connectivity index (χ4v) is 1.86. The quantitative estimate of drug-likeness (QED) is 0.902. The third-order valence-electron chi connectivity index (χ3n) is 3.14. The highest BCUT2D eigenvalue weighted by atomic mass is 35.5. The smallest absolute Gasteiger partial charge is 0.244 e. The third kappa shape index (κ3) is 2.81. The fourth-order valence-electron chi connectivity index (χ4n) is 1.60. The first-order chi connectivity index (χ1) is 9.45. The number of nitrogens with two attached hydrogens (primary N) is 1. The predicted molar refractivity (Wildman–Crippen MR) is 77.9 cm³/mol. The SMILES string of the molecule is CCC(C)(N)C(=O)Nc1cccc(Cl)c1-n1cncn1. The minimum Gasteiger partial charge on any atom is -0.323 e. The van der Waals surface area contributed by atoms with Crippen LogP contribution < -0.4 is 11.1 Å². The van der Waals surface area contributed by atoms with Gasteiger partial charge in [-0.15, -0.1) is 0 Å². The minimum atomic E-state index is -0.943. The first-order valence-corrected chi connectivity index (χ1v) is 6.57. The van der Waals surface area contributed by atoms with E-state index < -0.39 is 5.54 Å². The van der Waals surface area contributed by atoms with E-state index >= 15 is 0 Å². The fraction of sp³-hybridized carbons (Fsp3) is 0.308. The van der Waals surface area contributed by atoms with E-state index in [0.717, 1.165) is 0 Å². The van der Waals surface area contributed by atoms with Crippen molar-refractivity contribution in [2.75, 3.05) is 5.32 Å². The molecule has 3 N–H and O–H groups in total. The van der Waals surface area contributed by atoms with E-state index in [-0.39, 0.29) is 5.91 Å². The molecule has 0 saturated carbocycles. The maximum absolute atomic E-state index is 12.2. The van der Waals surface area contributed by atoms with E-state index in [1.165, 1.54) is 17.3 Å². The van der Waals surface area contributed by atoms with Gasteiger partial charge in [-0.1, -0.05) is 24.6 Å². The van der Waals surface area contributed by atoms with Gasteiger partial charge in [0.25, 0.3) is 0 Å². The summed E-state index contributed by atoms with van der Waals surface area (Å²) in [7, 11) is 0. The molecule has 1 amide bonds. The van der Waals surface area contributed by atoms with Crippen molar-refractivity contribution in [3.63, 3.8) is 0 Å². The molecule has 106 valence electrons. The molecule has 0 spiro atoms. The lowest BCUT2D eigenvalue weighted by Gasteiger charge is -2.22. The number of nitrogens with one attached hydrogen (secondary N) is 1. The van der Waals surface area contributed by atoms with Crippen LogP contribution in [0.2, 0.25) is 5.02 Å². The molecule has 2 rings (SSSR count). The van der Waals surface area contributed by atoms with Crippen molar-refractivity contribution < 1.29 is 4.79 Å². The summed E-state index contributed by atoms with van der Waals surface area (Å²) in [6, 6.07) is 5.21. The van der Waals surface area contributed by atoms with Crippen molar-refractivity contribution in [1.82, 2.24) is 14.8 Å². The lowest BCUT2D eigenvalue weighted by Crippen LogP contribution is -2.47. The predicted octanol–water partition coefficient (Wildman–Crippen LogP) is 1.99. The summed E-state index contributed by atoms with van der Waals surface area (Å²) >= 11 is 6.18. The summed E-state index contributed by atoms with van der Waals surface area (Å²) < 4.78 is 1.50. The summed E-state index contributed by atoms with van der Waals surface area (Å²) in [6.45, 7) is 3.54. The van der Waals surface area contributed by atoms with Crippen molar-refractivity contribution >= 4 is 23.2 Å². The highest BCUT2D eigenvalue weighted by Crippen LogP contribution is 2.28. The van der Waals surface area contributed by atoms with E-state index in [0.29, 0.717) is 22.8 Å². The lowest BCUT2D eigenvalue weighted by atomic mass is 9.99. The van der Waals surface area contributed by atoms with Crippen molar-refractivity contribution in [2.45, 2.75) is 25.8 Å². The zero-order valence-electron chi connectivity index (χ0n) is 11.3. The Bertz CT molecular complexity index is 609. The van der Waals surface area contributed by atoms with Gasteiger partial charge in [0.2, 0.25) is 5.91 Å². The molecule has 1 unspecified atom stereocenters. The summed E-state index contributed by atoms with van der Waals surface area (Å²) in [5.74, 6) is -0.274. The van der Waals surface area contributed by atoms with E-state index in [9.17, 15) is 4.79 Å². The Morgan fingerprint density at radius 1 is 1.55 bits per heavy atom. The number of hydrogen-bond acceptors (Lipinski definition) is 4. The van der Waals surface area contributed by atoms with Crippen molar-refractivity contribution in [2.24, 2.45) is 5.73 Å². The molecule has 1 aromatic carbocycles. The Hall–Kier alpha value is -1.92. The van der Waals surface area contributed by atoms with Gasteiger partial charge in [-0.2, -0.15) is 5.10 Å². The van der Waals surface area contributed by atoms with E-state index in [1.54, 1.807) is 25.1 Å². The van der Waals surface area contributed by atoms with Gasteiger partial charge < -0.3 is 11.1 Å². The molecule has 2 aromatic rings. The van der Waals surface area contributed by atoms with Gasteiger partial charge >= 0.3 is 0 Å². The second kappa shape index (κ2) is 5.60. The minimum absolute atomic E-state index is 0.274. The highest BCUT2D eigenvalue weighted by Gasteiger charge is 2.27. The Labute approximate surface area is 121 Å². The molecule has 1 aromatic heterocycles. The van der Waals surface area contributed by atoms with Gasteiger partial charge in [-0.05, 0) is 25.5 Å². The van der Waals surface area contributed by atoms with Crippen molar-refractivity contribution in [3.8, 4) is 5.69 Å². The molecule has 0 radical (unpaired) electrons. The van der Waals surface area contributed by atoms with E-state index in [2.05, 4.69) is 15.4 Å². The van der Waals surface area contributed by atoms with Crippen LogP contribution in [0.15, 0.2) is 30.9 Å². The number of rotatable bonds is 4. The molecule has 0 aliphatic heterocycles. The number of carbonyl (C=O) groups excluding carboxylic acids is 1. The van der Waals surface area contributed by atoms with Gasteiger partial charge in [-0.3, -0.25) is 4.79 Å². The highest BCUT2D eigenvalue weighted by molar-refractivity contribution is 6.33.